The van der Waals surface area contributed by atoms with E-state index in [1.807, 2.05) is 0 Å². The normalized spacial score (nSPS) is 22.4. The van der Waals surface area contributed by atoms with E-state index in [0.717, 1.165) is 26.2 Å². The molecule has 1 aromatic rings. The Morgan fingerprint density at radius 3 is 2.60 bits per heavy atom. The highest BCUT2D eigenvalue weighted by molar-refractivity contribution is 5.19. The van der Waals surface area contributed by atoms with Gasteiger partial charge in [0.1, 0.15) is 0 Å². The van der Waals surface area contributed by atoms with Gasteiger partial charge in [0, 0.05) is 24.7 Å². The van der Waals surface area contributed by atoms with E-state index in [9.17, 15) is 0 Å². The van der Waals surface area contributed by atoms with Crippen molar-refractivity contribution < 1.29 is 4.74 Å². The van der Waals surface area contributed by atoms with Gasteiger partial charge < -0.3 is 10.5 Å². The quantitative estimate of drug-likeness (QED) is 0.898. The molecule has 1 aliphatic rings. The predicted octanol–water partition coefficient (Wildman–Crippen LogP) is 2.62. The molecule has 3 nitrogen and oxygen atoms in total. The first-order valence-corrected chi connectivity index (χ1v) is 7.64. The summed E-state index contributed by atoms with van der Waals surface area (Å²) < 4.78 is 5.62. The molecule has 0 spiro atoms. The smallest absolute Gasteiger partial charge is 0.0645 e. The molecular weight excluding hydrogens is 248 g/mol. The molecule has 2 unspecified atom stereocenters. The van der Waals surface area contributed by atoms with Gasteiger partial charge in [0.05, 0.1) is 13.2 Å². The first-order valence-electron chi connectivity index (χ1n) is 7.64. The van der Waals surface area contributed by atoms with Crippen LogP contribution in [0.25, 0.3) is 0 Å². The Balaban J connectivity index is 2.05. The molecule has 0 amide bonds. The van der Waals surface area contributed by atoms with Crippen LogP contribution in [0.1, 0.15) is 38.7 Å². The van der Waals surface area contributed by atoms with Crippen molar-refractivity contribution in [3.63, 3.8) is 0 Å². The lowest BCUT2D eigenvalue weighted by Crippen LogP contribution is -2.59. The Morgan fingerprint density at radius 1 is 1.30 bits per heavy atom. The van der Waals surface area contributed by atoms with Gasteiger partial charge in [-0.05, 0) is 31.7 Å². The molecule has 0 bridgehead atoms. The summed E-state index contributed by atoms with van der Waals surface area (Å²) in [7, 11) is 0. The molecule has 3 heteroatoms. The maximum Gasteiger partial charge on any atom is 0.0645 e. The average molecular weight is 276 g/mol. The van der Waals surface area contributed by atoms with Gasteiger partial charge in [-0.15, -0.1) is 0 Å². The summed E-state index contributed by atoms with van der Waals surface area (Å²) in [5, 5.41) is 0. The molecule has 1 saturated heterocycles. The molecule has 0 aliphatic carbocycles. The molecule has 20 heavy (non-hydrogen) atoms. The topological polar surface area (TPSA) is 38.5 Å². The van der Waals surface area contributed by atoms with Gasteiger partial charge >= 0.3 is 0 Å². The van der Waals surface area contributed by atoms with Crippen LogP contribution in [0.3, 0.4) is 0 Å². The second kappa shape index (κ2) is 6.70. The van der Waals surface area contributed by atoms with Crippen LogP contribution < -0.4 is 5.73 Å². The summed E-state index contributed by atoms with van der Waals surface area (Å²) in [6.45, 7) is 10.1. The Kier molecular flexibility index (Phi) is 5.19. The number of morpholine rings is 1. The minimum absolute atomic E-state index is 0.0820. The second-order valence-electron chi connectivity index (χ2n) is 6.50. The maximum atomic E-state index is 6.07. The van der Waals surface area contributed by atoms with E-state index in [4.69, 9.17) is 10.5 Å². The third-order valence-corrected chi connectivity index (χ3v) is 4.42. The zero-order chi connectivity index (χ0) is 14.6. The van der Waals surface area contributed by atoms with E-state index in [1.165, 1.54) is 5.56 Å². The molecule has 2 N–H and O–H groups in total. The third kappa shape index (κ3) is 3.60. The van der Waals surface area contributed by atoms with Gasteiger partial charge in [-0.2, -0.15) is 0 Å². The minimum atomic E-state index is 0.0820. The lowest BCUT2D eigenvalue weighted by molar-refractivity contribution is -0.0724. The summed E-state index contributed by atoms with van der Waals surface area (Å²) in [4.78, 5) is 2.54. The average Bonchev–Trinajstić information content (AvgIpc) is 2.45. The Labute approximate surface area is 123 Å². The van der Waals surface area contributed by atoms with Crippen LogP contribution >= 0.6 is 0 Å². The molecule has 1 aromatic carbocycles. The van der Waals surface area contributed by atoms with E-state index < -0.39 is 0 Å². The summed E-state index contributed by atoms with van der Waals surface area (Å²) in [6.07, 6.45) is 1.10. The van der Waals surface area contributed by atoms with Gasteiger partial charge in [-0.1, -0.05) is 37.3 Å². The Bertz CT molecular complexity index is 405. The van der Waals surface area contributed by atoms with Crippen molar-refractivity contribution >= 4 is 0 Å². The van der Waals surface area contributed by atoms with E-state index in [1.54, 1.807) is 0 Å². The predicted molar refractivity (Wildman–Crippen MR) is 83.9 cm³/mol. The first-order chi connectivity index (χ1) is 9.54. The molecule has 2 atom stereocenters. The fourth-order valence-corrected chi connectivity index (χ4v) is 3.22. The van der Waals surface area contributed by atoms with Crippen molar-refractivity contribution in [2.24, 2.45) is 5.73 Å². The number of hydrogen-bond donors (Lipinski definition) is 1. The molecular formula is C17H28N2O. The summed E-state index contributed by atoms with van der Waals surface area (Å²) >= 11 is 0. The molecule has 0 aromatic heterocycles. The van der Waals surface area contributed by atoms with Gasteiger partial charge in [-0.25, -0.2) is 0 Å². The summed E-state index contributed by atoms with van der Waals surface area (Å²) in [5.41, 5.74) is 7.55. The molecule has 0 radical (unpaired) electrons. The van der Waals surface area contributed by atoms with Crippen LogP contribution in [0.4, 0.5) is 0 Å². The van der Waals surface area contributed by atoms with Gasteiger partial charge in [0.2, 0.25) is 0 Å². The van der Waals surface area contributed by atoms with Gasteiger partial charge in [-0.3, -0.25) is 4.90 Å². The lowest BCUT2D eigenvalue weighted by atomic mass is 9.90. The summed E-state index contributed by atoms with van der Waals surface area (Å²) in [6, 6.07) is 11.1. The van der Waals surface area contributed by atoms with E-state index in [2.05, 4.69) is 56.0 Å². The van der Waals surface area contributed by atoms with Crippen molar-refractivity contribution in [1.82, 2.24) is 4.90 Å². The molecule has 0 saturated carbocycles. The van der Waals surface area contributed by atoms with Gasteiger partial charge in [0.25, 0.3) is 0 Å². The fourth-order valence-electron chi connectivity index (χ4n) is 3.22. The fraction of sp³-hybridized carbons (Fsp3) is 0.647. The van der Waals surface area contributed by atoms with E-state index >= 15 is 0 Å². The van der Waals surface area contributed by atoms with Crippen LogP contribution in [0.15, 0.2) is 30.3 Å². The molecule has 1 fully saturated rings. The van der Waals surface area contributed by atoms with E-state index in [-0.39, 0.29) is 5.54 Å². The lowest BCUT2D eigenvalue weighted by Gasteiger charge is -2.47. The third-order valence-electron chi connectivity index (χ3n) is 4.42. The zero-order valence-corrected chi connectivity index (χ0v) is 13.0. The van der Waals surface area contributed by atoms with Crippen LogP contribution in [0.2, 0.25) is 0 Å². The molecule has 2 rings (SSSR count). The van der Waals surface area contributed by atoms with Crippen molar-refractivity contribution in [3.8, 4) is 0 Å². The minimum Gasteiger partial charge on any atom is -0.378 e. The molecule has 1 aliphatic heterocycles. The Morgan fingerprint density at radius 2 is 2.00 bits per heavy atom. The van der Waals surface area contributed by atoms with Crippen molar-refractivity contribution in [1.29, 1.82) is 0 Å². The summed E-state index contributed by atoms with van der Waals surface area (Å²) in [5.74, 6) is 0.531. The van der Waals surface area contributed by atoms with Crippen molar-refractivity contribution in [3.05, 3.63) is 35.9 Å². The number of hydrogen-bond acceptors (Lipinski definition) is 3. The second-order valence-corrected chi connectivity index (χ2v) is 6.50. The van der Waals surface area contributed by atoms with E-state index in [0.29, 0.717) is 18.5 Å². The van der Waals surface area contributed by atoms with Crippen LogP contribution in [0, 0.1) is 0 Å². The number of benzene rings is 1. The molecule has 112 valence electrons. The van der Waals surface area contributed by atoms with Crippen LogP contribution in [-0.4, -0.2) is 42.8 Å². The van der Waals surface area contributed by atoms with Crippen LogP contribution in [-0.2, 0) is 4.74 Å². The monoisotopic (exact) mass is 276 g/mol. The maximum absolute atomic E-state index is 6.07. The first kappa shape index (κ1) is 15.5. The van der Waals surface area contributed by atoms with Crippen molar-refractivity contribution in [2.45, 2.75) is 44.7 Å². The zero-order valence-electron chi connectivity index (χ0n) is 13.0. The van der Waals surface area contributed by atoms with Crippen LogP contribution in [0.5, 0.6) is 0 Å². The van der Waals surface area contributed by atoms with Gasteiger partial charge in [0.15, 0.2) is 0 Å². The number of rotatable bonds is 5. The largest absolute Gasteiger partial charge is 0.378 e. The molecule has 1 heterocycles. The highest BCUT2D eigenvalue weighted by Gasteiger charge is 2.35. The number of nitrogens with two attached hydrogens (primary N) is 1. The number of ether oxygens (including phenoxy) is 1. The number of nitrogens with zero attached hydrogens (tertiary/aromatic N) is 1. The standard InChI is InChI=1S/C17H28N2O/c1-14(15-7-5-4-6-8-15)11-16(12-18)19-9-10-20-13-17(19,2)3/h4-8,14,16H,9-13,18H2,1-3H3. The highest BCUT2D eigenvalue weighted by Crippen LogP contribution is 2.28. The SMILES string of the molecule is CC(CC(CN)N1CCOCC1(C)C)c1ccccc1. The Hall–Kier alpha value is -0.900. The highest BCUT2D eigenvalue weighted by atomic mass is 16.5. The van der Waals surface area contributed by atoms with Crippen molar-refractivity contribution in [2.75, 3.05) is 26.3 Å².